The van der Waals surface area contributed by atoms with Gasteiger partial charge in [-0.2, -0.15) is 0 Å². The van der Waals surface area contributed by atoms with Crippen LogP contribution in [0, 0.1) is 10.1 Å². The first-order valence-corrected chi connectivity index (χ1v) is 8.34. The Labute approximate surface area is 137 Å². The van der Waals surface area contributed by atoms with E-state index in [1.165, 1.54) is 4.88 Å². The first-order valence-electron chi connectivity index (χ1n) is 7.09. The summed E-state index contributed by atoms with van der Waals surface area (Å²) < 4.78 is 0. The molecule has 1 aliphatic heterocycles. The molecule has 2 aromatic rings. The molecule has 0 radical (unpaired) electrons. The Morgan fingerprint density at radius 2 is 2.09 bits per heavy atom. The Bertz CT molecular complexity index is 657. The van der Waals surface area contributed by atoms with Gasteiger partial charge in [-0.1, -0.05) is 23.7 Å². The Hall–Kier alpha value is -1.47. The van der Waals surface area contributed by atoms with Gasteiger partial charge in [0.1, 0.15) is 5.02 Å². The van der Waals surface area contributed by atoms with E-state index in [2.05, 4.69) is 16.3 Å². The molecule has 116 valence electrons. The second-order valence-electron chi connectivity index (χ2n) is 5.17. The van der Waals surface area contributed by atoms with Gasteiger partial charge < -0.3 is 5.32 Å². The number of nitrogens with zero attached hydrogens (tertiary/aromatic N) is 2. The highest BCUT2D eigenvalue weighted by molar-refractivity contribution is 7.10. The summed E-state index contributed by atoms with van der Waals surface area (Å²) in [7, 11) is 0. The van der Waals surface area contributed by atoms with E-state index < -0.39 is 4.92 Å². The molecule has 2 heterocycles. The second-order valence-corrected chi connectivity index (χ2v) is 6.56. The predicted molar refractivity (Wildman–Crippen MR) is 88.7 cm³/mol. The van der Waals surface area contributed by atoms with E-state index in [1.54, 1.807) is 23.5 Å². The number of hydrogen-bond acceptors (Lipinski definition) is 5. The van der Waals surface area contributed by atoms with Crippen LogP contribution in [0.25, 0.3) is 0 Å². The van der Waals surface area contributed by atoms with Gasteiger partial charge >= 0.3 is 0 Å². The van der Waals surface area contributed by atoms with Crippen molar-refractivity contribution in [3.05, 3.63) is 61.3 Å². The van der Waals surface area contributed by atoms with E-state index in [1.807, 2.05) is 17.5 Å². The average molecular weight is 338 g/mol. The van der Waals surface area contributed by atoms with Crippen molar-refractivity contribution in [2.24, 2.45) is 0 Å². The lowest BCUT2D eigenvalue weighted by molar-refractivity contribution is -0.384. The Morgan fingerprint density at radius 3 is 2.73 bits per heavy atom. The number of hydrogen-bond donors (Lipinski definition) is 1. The first-order chi connectivity index (χ1) is 10.7. The normalized spacial score (nSPS) is 17.3. The van der Waals surface area contributed by atoms with Crippen LogP contribution in [-0.4, -0.2) is 36.0 Å². The van der Waals surface area contributed by atoms with E-state index in [9.17, 15) is 10.1 Å². The SMILES string of the molecule is O=[N+]([O-])c1cc([C@H](c2cccs2)N2CCNCC2)ccc1Cl. The molecule has 1 atom stereocenters. The largest absolute Gasteiger partial charge is 0.314 e. The Kier molecular flexibility index (Phi) is 4.73. The van der Waals surface area contributed by atoms with Crippen molar-refractivity contribution in [2.75, 3.05) is 26.2 Å². The molecule has 1 aliphatic rings. The van der Waals surface area contributed by atoms with E-state index in [-0.39, 0.29) is 16.8 Å². The lowest BCUT2D eigenvalue weighted by Gasteiger charge is -2.34. The molecule has 0 amide bonds. The highest BCUT2D eigenvalue weighted by Gasteiger charge is 2.26. The minimum absolute atomic E-state index is 0.0316. The maximum atomic E-state index is 11.2. The number of nitro groups is 1. The van der Waals surface area contributed by atoms with Crippen molar-refractivity contribution in [1.82, 2.24) is 10.2 Å². The van der Waals surface area contributed by atoms with E-state index in [4.69, 9.17) is 11.6 Å². The first kappa shape index (κ1) is 15.4. The fourth-order valence-corrected chi connectivity index (χ4v) is 3.85. The summed E-state index contributed by atoms with van der Waals surface area (Å²) in [6.07, 6.45) is 0. The lowest BCUT2D eigenvalue weighted by atomic mass is 10.0. The molecule has 1 aromatic carbocycles. The minimum Gasteiger partial charge on any atom is -0.314 e. The van der Waals surface area contributed by atoms with Gasteiger partial charge in [0.05, 0.1) is 11.0 Å². The molecule has 7 heteroatoms. The maximum absolute atomic E-state index is 11.2. The van der Waals surface area contributed by atoms with E-state index in [0.29, 0.717) is 0 Å². The molecule has 0 bridgehead atoms. The zero-order chi connectivity index (χ0) is 15.5. The number of piperazine rings is 1. The molecule has 1 saturated heterocycles. The highest BCUT2D eigenvalue weighted by atomic mass is 35.5. The van der Waals surface area contributed by atoms with E-state index >= 15 is 0 Å². The third kappa shape index (κ3) is 3.15. The molecule has 0 spiro atoms. The summed E-state index contributed by atoms with van der Waals surface area (Å²) in [5, 5.41) is 16.7. The molecule has 0 aliphatic carbocycles. The molecule has 3 rings (SSSR count). The van der Waals surface area contributed by atoms with Crippen LogP contribution in [0.2, 0.25) is 5.02 Å². The second kappa shape index (κ2) is 6.75. The van der Waals surface area contributed by atoms with Crippen molar-refractivity contribution in [3.8, 4) is 0 Å². The number of benzene rings is 1. The van der Waals surface area contributed by atoms with Crippen molar-refractivity contribution in [2.45, 2.75) is 6.04 Å². The molecule has 1 N–H and O–H groups in total. The number of halogens is 1. The Balaban J connectivity index is 2.02. The zero-order valence-corrected chi connectivity index (χ0v) is 13.4. The quantitative estimate of drug-likeness (QED) is 0.687. The minimum atomic E-state index is -0.422. The number of rotatable bonds is 4. The topological polar surface area (TPSA) is 58.4 Å². The standard InChI is InChI=1S/C15H16ClN3O2S/c16-12-4-3-11(10-13(12)19(20)21)15(14-2-1-9-22-14)18-7-5-17-6-8-18/h1-4,9-10,15,17H,5-8H2/t15-/m1/s1. The molecule has 22 heavy (non-hydrogen) atoms. The van der Waals surface area contributed by atoms with Gasteiger partial charge in [-0.05, 0) is 23.1 Å². The van der Waals surface area contributed by atoms with Crippen LogP contribution in [0.4, 0.5) is 5.69 Å². The molecule has 0 saturated carbocycles. The average Bonchev–Trinajstić information content (AvgIpc) is 3.04. The van der Waals surface area contributed by atoms with Gasteiger partial charge in [0.2, 0.25) is 0 Å². The van der Waals surface area contributed by atoms with Crippen LogP contribution >= 0.6 is 22.9 Å². The smallest absolute Gasteiger partial charge is 0.288 e. The third-order valence-corrected chi connectivity index (χ3v) is 5.06. The lowest BCUT2D eigenvalue weighted by Crippen LogP contribution is -2.45. The van der Waals surface area contributed by atoms with Gasteiger partial charge in [-0.15, -0.1) is 11.3 Å². The monoisotopic (exact) mass is 337 g/mol. The number of nitrogens with one attached hydrogen (secondary N) is 1. The number of thiophene rings is 1. The predicted octanol–water partition coefficient (Wildman–Crippen LogP) is 3.30. The van der Waals surface area contributed by atoms with Gasteiger partial charge in [-0.3, -0.25) is 15.0 Å². The molecule has 5 nitrogen and oxygen atoms in total. The van der Waals surface area contributed by atoms with Crippen LogP contribution in [0.1, 0.15) is 16.5 Å². The van der Waals surface area contributed by atoms with Crippen molar-refractivity contribution >= 4 is 28.6 Å². The maximum Gasteiger partial charge on any atom is 0.288 e. The van der Waals surface area contributed by atoms with Crippen molar-refractivity contribution in [3.63, 3.8) is 0 Å². The Morgan fingerprint density at radius 1 is 1.32 bits per heavy atom. The molecule has 0 unspecified atom stereocenters. The van der Waals surface area contributed by atoms with E-state index in [0.717, 1.165) is 31.7 Å². The number of nitro benzene ring substituents is 1. The zero-order valence-electron chi connectivity index (χ0n) is 11.9. The summed E-state index contributed by atoms with van der Waals surface area (Å²) in [5.74, 6) is 0. The van der Waals surface area contributed by atoms with Crippen LogP contribution in [-0.2, 0) is 0 Å². The molecular weight excluding hydrogens is 322 g/mol. The van der Waals surface area contributed by atoms with Crippen LogP contribution in [0.3, 0.4) is 0 Å². The van der Waals surface area contributed by atoms with Crippen molar-refractivity contribution in [1.29, 1.82) is 0 Å². The van der Waals surface area contributed by atoms with Crippen LogP contribution < -0.4 is 5.32 Å². The third-order valence-electron chi connectivity index (χ3n) is 3.81. The summed E-state index contributed by atoms with van der Waals surface area (Å²) in [5.41, 5.74) is 0.885. The summed E-state index contributed by atoms with van der Waals surface area (Å²) in [6.45, 7) is 3.69. The van der Waals surface area contributed by atoms with Gasteiger partial charge in [0.15, 0.2) is 0 Å². The molecule has 1 aromatic heterocycles. The highest BCUT2D eigenvalue weighted by Crippen LogP contribution is 2.35. The van der Waals surface area contributed by atoms with Crippen molar-refractivity contribution < 1.29 is 4.92 Å². The summed E-state index contributed by atoms with van der Waals surface area (Å²) >= 11 is 7.62. The van der Waals surface area contributed by atoms with Crippen LogP contribution in [0.15, 0.2) is 35.7 Å². The summed E-state index contributed by atoms with van der Waals surface area (Å²) in [4.78, 5) is 14.3. The van der Waals surface area contributed by atoms with Gasteiger partial charge in [-0.25, -0.2) is 0 Å². The van der Waals surface area contributed by atoms with Crippen LogP contribution in [0.5, 0.6) is 0 Å². The molecular formula is C15H16ClN3O2S. The fraction of sp³-hybridized carbons (Fsp3) is 0.333. The molecule has 1 fully saturated rings. The summed E-state index contributed by atoms with van der Waals surface area (Å²) in [6, 6.07) is 9.25. The van der Waals surface area contributed by atoms with Gasteiger partial charge in [0.25, 0.3) is 5.69 Å². The fourth-order valence-electron chi connectivity index (χ4n) is 2.78. The van der Waals surface area contributed by atoms with Gasteiger partial charge in [0, 0.05) is 37.1 Å².